The molecule has 3 rings (SSSR count). The molecule has 0 aliphatic rings. The molecular weight excluding hydrogens is 504 g/mol. The average Bonchev–Trinajstić information content (AvgIpc) is 2.81. The van der Waals surface area contributed by atoms with Gasteiger partial charge in [0.05, 0.1) is 0 Å². The Labute approximate surface area is 178 Å². The van der Waals surface area contributed by atoms with Crippen molar-refractivity contribution in [1.29, 1.82) is 0 Å². The van der Waals surface area contributed by atoms with Crippen molar-refractivity contribution < 1.29 is 62.2 Å². The first-order valence-electron chi connectivity index (χ1n) is 8.16. The van der Waals surface area contributed by atoms with E-state index in [1.165, 1.54) is 0 Å². The van der Waals surface area contributed by atoms with Gasteiger partial charge in [0.2, 0.25) is 69.5 Å². The van der Waals surface area contributed by atoms with Gasteiger partial charge in [-0.1, -0.05) is 0 Å². The molecule has 3 aromatic carbocycles. The molecule has 0 amide bonds. The maximum Gasteiger partial charge on any atom is 0.214 e. The van der Waals surface area contributed by atoms with Crippen LogP contribution in [0.4, 0.5) is 64.1 Å². The zero-order chi connectivity index (χ0) is 25.8. The SMILES string of the molecule is Nc1c(F)c(F)c(Oc2c(F)c(F)c(F)c(Oc3c(F)c(F)c(N)c(F)c3F)c2F)c(F)c1F. The molecule has 0 saturated carbocycles. The zero-order valence-electron chi connectivity index (χ0n) is 15.5. The van der Waals surface area contributed by atoms with Gasteiger partial charge in [0.1, 0.15) is 11.4 Å². The number of benzene rings is 3. The molecule has 4 N–H and O–H groups in total. The van der Waals surface area contributed by atoms with Gasteiger partial charge in [-0.05, 0) is 0 Å². The predicted octanol–water partition coefficient (Wildman–Crippen LogP) is 6.10. The molecule has 0 heterocycles. The molecule has 0 aliphatic carbocycles. The Bertz CT molecular complexity index is 1210. The lowest BCUT2D eigenvalue weighted by Crippen LogP contribution is -2.10. The topological polar surface area (TPSA) is 70.5 Å². The third kappa shape index (κ3) is 3.54. The van der Waals surface area contributed by atoms with Gasteiger partial charge in [0.15, 0.2) is 23.3 Å². The highest BCUT2D eigenvalue weighted by Crippen LogP contribution is 2.43. The van der Waals surface area contributed by atoms with Crippen molar-refractivity contribution in [2.24, 2.45) is 0 Å². The molecule has 16 heteroatoms. The van der Waals surface area contributed by atoms with E-state index in [1.807, 2.05) is 0 Å². The molecule has 0 aliphatic heterocycles. The van der Waals surface area contributed by atoms with Crippen LogP contribution in [0.3, 0.4) is 0 Å². The molecule has 0 unspecified atom stereocenters. The summed E-state index contributed by atoms with van der Waals surface area (Å²) in [5.74, 6) is -39.3. The predicted molar refractivity (Wildman–Crippen MR) is 87.8 cm³/mol. The largest absolute Gasteiger partial charge is 0.444 e. The number of nitrogen functional groups attached to an aromatic ring is 2. The molecule has 4 nitrogen and oxygen atoms in total. The molecule has 0 aromatic heterocycles. The van der Waals surface area contributed by atoms with Gasteiger partial charge in [-0.15, -0.1) is 0 Å². The number of nitrogens with two attached hydrogens (primary N) is 2. The quantitative estimate of drug-likeness (QED) is 0.193. The van der Waals surface area contributed by atoms with Gasteiger partial charge in [-0.3, -0.25) is 0 Å². The Morgan fingerprint density at radius 2 is 0.500 bits per heavy atom. The van der Waals surface area contributed by atoms with E-state index in [-0.39, 0.29) is 0 Å². The number of hydrogen-bond donors (Lipinski definition) is 2. The Hall–Kier alpha value is -3.98. The van der Waals surface area contributed by atoms with Crippen molar-refractivity contribution in [1.82, 2.24) is 0 Å². The van der Waals surface area contributed by atoms with Gasteiger partial charge in [-0.25, -0.2) is 22.0 Å². The van der Waals surface area contributed by atoms with Crippen LogP contribution in [0.1, 0.15) is 0 Å². The van der Waals surface area contributed by atoms with Crippen molar-refractivity contribution in [2.45, 2.75) is 0 Å². The average molecular weight is 508 g/mol. The van der Waals surface area contributed by atoms with E-state index in [1.54, 1.807) is 0 Å². The van der Waals surface area contributed by atoms with Crippen LogP contribution in [0.15, 0.2) is 0 Å². The molecule has 0 spiro atoms. The van der Waals surface area contributed by atoms with E-state index in [2.05, 4.69) is 9.47 Å². The molecule has 34 heavy (non-hydrogen) atoms. The lowest BCUT2D eigenvalue weighted by molar-refractivity contribution is 0.298. The van der Waals surface area contributed by atoms with Crippen molar-refractivity contribution >= 4 is 11.4 Å². The van der Waals surface area contributed by atoms with E-state index in [4.69, 9.17) is 11.5 Å². The van der Waals surface area contributed by atoms with Crippen LogP contribution in [0.2, 0.25) is 0 Å². The lowest BCUT2D eigenvalue weighted by atomic mass is 10.2. The second-order valence-electron chi connectivity index (χ2n) is 6.12. The van der Waals surface area contributed by atoms with Crippen molar-refractivity contribution in [3.05, 3.63) is 69.8 Å². The Morgan fingerprint density at radius 3 is 0.765 bits per heavy atom. The minimum atomic E-state index is -2.78. The standard InChI is InChI=1S/C18H4F12N2O2/c19-1-6(24)17(33-15-8(26)2(20)13(31)3(21)9(15)27)12(30)18(7(1)25)34-16-10(28)4(22)14(32)5(23)11(16)29/h31-32H2. The Balaban J connectivity index is 2.24. The van der Waals surface area contributed by atoms with Crippen molar-refractivity contribution in [2.75, 3.05) is 11.5 Å². The normalized spacial score (nSPS) is 11.2. The summed E-state index contributed by atoms with van der Waals surface area (Å²) in [7, 11) is 0. The molecule has 0 saturated heterocycles. The Kier molecular flexibility index (Phi) is 6.11. The minimum absolute atomic E-state index is 1.73. The number of hydrogen-bond acceptors (Lipinski definition) is 4. The fraction of sp³-hybridized carbons (Fsp3) is 0. The summed E-state index contributed by atoms with van der Waals surface area (Å²) in [4.78, 5) is 0. The maximum absolute atomic E-state index is 14.6. The molecule has 3 aromatic rings. The van der Waals surface area contributed by atoms with Gasteiger partial charge < -0.3 is 20.9 Å². The number of rotatable bonds is 4. The van der Waals surface area contributed by atoms with Gasteiger partial charge in [-0.2, -0.15) is 30.7 Å². The van der Waals surface area contributed by atoms with Gasteiger partial charge in [0.25, 0.3) is 0 Å². The lowest BCUT2D eigenvalue weighted by Gasteiger charge is -2.16. The summed E-state index contributed by atoms with van der Waals surface area (Å²) in [6.07, 6.45) is 0. The fourth-order valence-electron chi connectivity index (χ4n) is 2.41. The summed E-state index contributed by atoms with van der Waals surface area (Å²) >= 11 is 0. The Morgan fingerprint density at radius 1 is 0.294 bits per heavy atom. The third-order valence-corrected chi connectivity index (χ3v) is 4.11. The first kappa shape index (κ1) is 24.7. The molecular formula is C18H4F12N2O2. The molecule has 0 fully saturated rings. The summed E-state index contributed by atoms with van der Waals surface area (Å²) in [5.41, 5.74) is 5.98. The minimum Gasteiger partial charge on any atom is -0.444 e. The third-order valence-electron chi connectivity index (χ3n) is 4.11. The number of ether oxygens (including phenoxy) is 2. The van der Waals surface area contributed by atoms with Crippen LogP contribution in [-0.2, 0) is 0 Å². The highest BCUT2D eigenvalue weighted by molar-refractivity contribution is 5.52. The smallest absolute Gasteiger partial charge is 0.214 e. The molecule has 0 atom stereocenters. The molecule has 182 valence electrons. The van der Waals surface area contributed by atoms with Crippen LogP contribution < -0.4 is 20.9 Å². The van der Waals surface area contributed by atoms with Crippen LogP contribution in [0.5, 0.6) is 23.0 Å². The van der Waals surface area contributed by atoms with E-state index in [9.17, 15) is 52.7 Å². The van der Waals surface area contributed by atoms with Crippen LogP contribution in [-0.4, -0.2) is 0 Å². The monoisotopic (exact) mass is 508 g/mol. The van der Waals surface area contributed by atoms with E-state index >= 15 is 0 Å². The molecule has 0 bridgehead atoms. The first-order valence-corrected chi connectivity index (χ1v) is 8.16. The van der Waals surface area contributed by atoms with E-state index in [0.29, 0.717) is 0 Å². The first-order chi connectivity index (χ1) is 15.7. The van der Waals surface area contributed by atoms with Crippen molar-refractivity contribution in [3.63, 3.8) is 0 Å². The second kappa shape index (κ2) is 8.42. The van der Waals surface area contributed by atoms with E-state index in [0.717, 1.165) is 0 Å². The van der Waals surface area contributed by atoms with Crippen LogP contribution >= 0.6 is 0 Å². The summed E-state index contributed by atoms with van der Waals surface area (Å²) in [5, 5.41) is 0. The molecule has 0 radical (unpaired) electrons. The highest BCUT2D eigenvalue weighted by atomic mass is 19.2. The number of anilines is 2. The van der Waals surface area contributed by atoms with Gasteiger partial charge >= 0.3 is 0 Å². The summed E-state index contributed by atoms with van der Waals surface area (Å²) in [6, 6.07) is 0. The zero-order valence-corrected chi connectivity index (χ0v) is 15.5. The number of halogens is 12. The van der Waals surface area contributed by atoms with Crippen molar-refractivity contribution in [3.8, 4) is 23.0 Å². The van der Waals surface area contributed by atoms with E-state index < -0.39 is 104 Å². The summed E-state index contributed by atoms with van der Waals surface area (Å²) < 4.78 is 174. The maximum atomic E-state index is 14.6. The van der Waals surface area contributed by atoms with Gasteiger partial charge in [0, 0.05) is 0 Å². The second-order valence-corrected chi connectivity index (χ2v) is 6.12. The fourth-order valence-corrected chi connectivity index (χ4v) is 2.41. The summed E-state index contributed by atoms with van der Waals surface area (Å²) in [6.45, 7) is 0. The highest BCUT2D eigenvalue weighted by Gasteiger charge is 2.34. The van der Waals surface area contributed by atoms with Crippen LogP contribution in [0, 0.1) is 69.8 Å². The van der Waals surface area contributed by atoms with Crippen LogP contribution in [0.25, 0.3) is 0 Å².